The molecule has 1 aliphatic heterocycles. The summed E-state index contributed by atoms with van der Waals surface area (Å²) in [5.41, 5.74) is 6.70. The summed E-state index contributed by atoms with van der Waals surface area (Å²) in [5.74, 6) is -0.704. The Balaban J connectivity index is 2.47. The van der Waals surface area contributed by atoms with Crippen molar-refractivity contribution in [3.05, 3.63) is 16.0 Å². The number of rotatable bonds is 2. The molecule has 1 aliphatic rings. The number of hydrogen-bond acceptors (Lipinski definition) is 4. The third-order valence-electron chi connectivity index (χ3n) is 2.36. The molecule has 16 heavy (non-hydrogen) atoms. The third-order valence-corrected chi connectivity index (χ3v) is 3.48. The Morgan fingerprint density at radius 2 is 2.25 bits per heavy atom. The van der Waals surface area contributed by atoms with E-state index >= 15 is 0 Å². The first-order valence-corrected chi connectivity index (χ1v) is 5.71. The summed E-state index contributed by atoms with van der Waals surface area (Å²) in [5, 5.41) is 3.17. The summed E-state index contributed by atoms with van der Waals surface area (Å²) in [7, 11) is 0. The lowest BCUT2D eigenvalue weighted by Crippen LogP contribution is -2.18. The van der Waals surface area contributed by atoms with E-state index in [9.17, 15) is 9.59 Å². The molecular weight excluding hydrogens is 228 g/mol. The standard InChI is InChI=1S/C10H12N2O3S/c1-5(13)12-10-8(9(11)14)6-2-3-15-4-7(6)16-10/h2-4H2,1H3,(H2,11,14)(H,12,13). The van der Waals surface area contributed by atoms with Gasteiger partial charge in [-0.1, -0.05) is 0 Å². The fourth-order valence-corrected chi connectivity index (χ4v) is 2.98. The highest BCUT2D eigenvalue weighted by Crippen LogP contribution is 2.36. The minimum atomic E-state index is -0.497. The van der Waals surface area contributed by atoms with Gasteiger partial charge in [0.15, 0.2) is 0 Å². The zero-order valence-electron chi connectivity index (χ0n) is 8.83. The summed E-state index contributed by atoms with van der Waals surface area (Å²) >= 11 is 1.36. The number of ether oxygens (including phenoxy) is 1. The Bertz CT molecular complexity index is 453. The van der Waals surface area contributed by atoms with Gasteiger partial charge in [-0.25, -0.2) is 0 Å². The van der Waals surface area contributed by atoms with E-state index in [-0.39, 0.29) is 5.91 Å². The maximum Gasteiger partial charge on any atom is 0.251 e. The molecule has 3 N–H and O–H groups in total. The van der Waals surface area contributed by atoms with Crippen molar-refractivity contribution in [1.29, 1.82) is 0 Å². The molecule has 2 rings (SSSR count). The number of carbonyl (C=O) groups excluding carboxylic acids is 2. The van der Waals surface area contributed by atoms with E-state index in [4.69, 9.17) is 10.5 Å². The van der Waals surface area contributed by atoms with Gasteiger partial charge >= 0.3 is 0 Å². The van der Waals surface area contributed by atoms with Gasteiger partial charge in [0.2, 0.25) is 5.91 Å². The molecule has 2 heterocycles. The van der Waals surface area contributed by atoms with Crippen LogP contribution in [0.1, 0.15) is 27.7 Å². The molecule has 86 valence electrons. The molecule has 5 nitrogen and oxygen atoms in total. The number of primary amides is 1. The van der Waals surface area contributed by atoms with Crippen LogP contribution in [-0.4, -0.2) is 18.4 Å². The van der Waals surface area contributed by atoms with Gasteiger partial charge in [-0.2, -0.15) is 0 Å². The predicted octanol–water partition coefficient (Wildman–Crippen LogP) is 0.878. The van der Waals surface area contributed by atoms with Crippen LogP contribution < -0.4 is 11.1 Å². The Hall–Kier alpha value is -1.40. The van der Waals surface area contributed by atoms with Gasteiger partial charge in [0.1, 0.15) is 5.00 Å². The fourth-order valence-electron chi connectivity index (χ4n) is 1.74. The summed E-state index contributed by atoms with van der Waals surface area (Å²) < 4.78 is 5.29. The van der Waals surface area contributed by atoms with Gasteiger partial charge in [-0.3, -0.25) is 9.59 Å². The van der Waals surface area contributed by atoms with Crippen LogP contribution in [-0.2, 0) is 22.6 Å². The molecule has 0 radical (unpaired) electrons. The number of amides is 2. The van der Waals surface area contributed by atoms with Gasteiger partial charge in [0, 0.05) is 11.8 Å². The summed E-state index contributed by atoms with van der Waals surface area (Å²) in [6, 6.07) is 0. The van der Waals surface area contributed by atoms with E-state index < -0.39 is 5.91 Å². The lowest BCUT2D eigenvalue weighted by molar-refractivity contribution is -0.114. The smallest absolute Gasteiger partial charge is 0.251 e. The monoisotopic (exact) mass is 240 g/mol. The van der Waals surface area contributed by atoms with Crippen molar-refractivity contribution in [2.24, 2.45) is 5.73 Å². The lowest BCUT2D eigenvalue weighted by Gasteiger charge is -2.12. The second-order valence-electron chi connectivity index (χ2n) is 3.56. The molecule has 0 saturated heterocycles. The zero-order valence-corrected chi connectivity index (χ0v) is 9.65. The second-order valence-corrected chi connectivity index (χ2v) is 4.66. The molecular formula is C10H12N2O3S. The van der Waals surface area contributed by atoms with Crippen LogP contribution in [0.2, 0.25) is 0 Å². The Morgan fingerprint density at radius 3 is 2.88 bits per heavy atom. The van der Waals surface area contributed by atoms with Gasteiger partial charge in [0.25, 0.3) is 5.91 Å². The first-order chi connectivity index (χ1) is 7.59. The van der Waals surface area contributed by atoms with Crippen LogP contribution in [0.3, 0.4) is 0 Å². The molecule has 0 aromatic carbocycles. The van der Waals surface area contributed by atoms with Crippen molar-refractivity contribution < 1.29 is 14.3 Å². The maximum absolute atomic E-state index is 11.4. The normalized spacial score (nSPS) is 14.3. The van der Waals surface area contributed by atoms with E-state index in [1.54, 1.807) is 0 Å². The lowest BCUT2D eigenvalue weighted by atomic mass is 10.1. The van der Waals surface area contributed by atoms with Crippen molar-refractivity contribution in [2.45, 2.75) is 20.0 Å². The molecule has 2 amide bonds. The number of carbonyl (C=O) groups is 2. The fraction of sp³-hybridized carbons (Fsp3) is 0.400. The topological polar surface area (TPSA) is 81.4 Å². The molecule has 0 bridgehead atoms. The zero-order chi connectivity index (χ0) is 11.7. The van der Waals surface area contributed by atoms with Crippen molar-refractivity contribution in [3.63, 3.8) is 0 Å². The van der Waals surface area contributed by atoms with Crippen molar-refractivity contribution >= 4 is 28.2 Å². The minimum absolute atomic E-state index is 0.206. The molecule has 0 unspecified atom stereocenters. The van der Waals surface area contributed by atoms with E-state index in [1.165, 1.54) is 18.3 Å². The van der Waals surface area contributed by atoms with Crippen molar-refractivity contribution in [3.8, 4) is 0 Å². The second kappa shape index (κ2) is 4.23. The largest absolute Gasteiger partial charge is 0.376 e. The van der Waals surface area contributed by atoms with Gasteiger partial charge < -0.3 is 15.8 Å². The Kier molecular flexibility index (Phi) is 2.93. The Labute approximate surface area is 96.6 Å². The van der Waals surface area contributed by atoms with Gasteiger partial charge in [-0.05, 0) is 12.0 Å². The summed E-state index contributed by atoms with van der Waals surface area (Å²) in [6.07, 6.45) is 0.670. The third kappa shape index (κ3) is 1.94. The SMILES string of the molecule is CC(=O)Nc1sc2c(c1C(N)=O)CCOC2. The Morgan fingerprint density at radius 1 is 1.50 bits per heavy atom. The molecule has 1 aromatic heterocycles. The average molecular weight is 240 g/mol. The van der Waals surface area contributed by atoms with Crippen molar-refractivity contribution in [2.75, 3.05) is 11.9 Å². The number of fused-ring (bicyclic) bond motifs is 1. The molecule has 0 aliphatic carbocycles. The average Bonchev–Trinajstić information content (AvgIpc) is 2.53. The number of thiophene rings is 1. The predicted molar refractivity (Wildman–Crippen MR) is 60.5 cm³/mol. The molecule has 1 aromatic rings. The molecule has 0 saturated carbocycles. The van der Waals surface area contributed by atoms with Gasteiger partial charge in [0.05, 0.1) is 18.8 Å². The molecule has 0 fully saturated rings. The first kappa shape index (κ1) is 11.1. The highest BCUT2D eigenvalue weighted by atomic mass is 32.1. The van der Waals surface area contributed by atoms with E-state index in [2.05, 4.69) is 5.32 Å². The summed E-state index contributed by atoms with van der Waals surface area (Å²) in [4.78, 5) is 23.4. The number of nitrogens with one attached hydrogen (secondary N) is 1. The molecule has 6 heteroatoms. The summed E-state index contributed by atoms with van der Waals surface area (Å²) in [6.45, 7) is 2.48. The maximum atomic E-state index is 11.4. The number of anilines is 1. The number of hydrogen-bond donors (Lipinski definition) is 2. The van der Waals surface area contributed by atoms with Crippen LogP contribution in [0, 0.1) is 0 Å². The van der Waals surface area contributed by atoms with Crippen LogP contribution in [0.15, 0.2) is 0 Å². The van der Waals surface area contributed by atoms with E-state index in [0.717, 1.165) is 10.4 Å². The molecule has 0 spiro atoms. The number of nitrogens with two attached hydrogens (primary N) is 1. The molecule has 0 atom stereocenters. The van der Waals surface area contributed by atoms with Crippen LogP contribution in [0.25, 0.3) is 0 Å². The van der Waals surface area contributed by atoms with E-state index in [0.29, 0.717) is 30.2 Å². The van der Waals surface area contributed by atoms with E-state index in [1.807, 2.05) is 0 Å². The van der Waals surface area contributed by atoms with Crippen molar-refractivity contribution in [1.82, 2.24) is 0 Å². The van der Waals surface area contributed by atoms with Crippen LogP contribution >= 0.6 is 11.3 Å². The minimum Gasteiger partial charge on any atom is -0.376 e. The highest BCUT2D eigenvalue weighted by Gasteiger charge is 2.24. The van der Waals surface area contributed by atoms with Crippen LogP contribution in [0.5, 0.6) is 0 Å². The quantitative estimate of drug-likeness (QED) is 0.805. The highest BCUT2D eigenvalue weighted by molar-refractivity contribution is 7.17. The first-order valence-electron chi connectivity index (χ1n) is 4.89. The van der Waals surface area contributed by atoms with Crippen LogP contribution in [0.4, 0.5) is 5.00 Å². The van der Waals surface area contributed by atoms with Gasteiger partial charge in [-0.15, -0.1) is 11.3 Å².